The lowest BCUT2D eigenvalue weighted by atomic mass is 9.82. The molecule has 0 aliphatic carbocycles. The molecule has 1 saturated heterocycles. The Balaban J connectivity index is 1.64. The Morgan fingerprint density at radius 1 is 1.47 bits per heavy atom. The monoisotopic (exact) mass is 439 g/mol. The van der Waals surface area contributed by atoms with Crippen molar-refractivity contribution in [3.63, 3.8) is 0 Å². The first-order valence-corrected chi connectivity index (χ1v) is 10.1. The minimum absolute atomic E-state index is 0.0805. The maximum Gasteiger partial charge on any atom is 0.419 e. The Hall–Kier alpha value is -3.55. The molecule has 9 nitrogen and oxygen atoms in total. The number of nitrogens with zero attached hydrogens (tertiary/aromatic N) is 3. The van der Waals surface area contributed by atoms with Crippen molar-refractivity contribution in [2.24, 2.45) is 18.7 Å². The molecule has 3 aromatic rings. The Labute approximate surface area is 182 Å². The van der Waals surface area contributed by atoms with Crippen molar-refractivity contribution in [2.45, 2.75) is 18.4 Å². The zero-order valence-electron chi connectivity index (χ0n) is 17.4. The number of carbonyl (C=O) groups excluding carboxylic acids is 1. The van der Waals surface area contributed by atoms with Gasteiger partial charge in [-0.2, -0.15) is 5.26 Å². The summed E-state index contributed by atoms with van der Waals surface area (Å²) in [5.74, 6) is -2.82. The lowest BCUT2D eigenvalue weighted by molar-refractivity contribution is -0.147. The molecule has 1 aliphatic heterocycles. The van der Waals surface area contributed by atoms with E-state index in [0.717, 1.165) is 0 Å². The van der Waals surface area contributed by atoms with Gasteiger partial charge in [-0.15, -0.1) is 0 Å². The van der Waals surface area contributed by atoms with Crippen LogP contribution in [0.4, 0.5) is 4.39 Å². The number of halogens is 1. The fourth-order valence-corrected chi connectivity index (χ4v) is 3.92. The maximum atomic E-state index is 15.0. The number of benzene rings is 1. The van der Waals surface area contributed by atoms with Crippen molar-refractivity contribution in [1.29, 1.82) is 5.26 Å². The van der Waals surface area contributed by atoms with Crippen molar-refractivity contribution in [2.75, 3.05) is 19.7 Å². The fraction of sp³-hybridized carbons (Fsp3) is 0.364. The van der Waals surface area contributed by atoms with Gasteiger partial charge in [0.05, 0.1) is 23.2 Å². The lowest BCUT2D eigenvalue weighted by Crippen LogP contribution is -2.57. The maximum absolute atomic E-state index is 15.0. The molecular formula is C22H22FN5O4. The molecule has 1 aliphatic rings. The van der Waals surface area contributed by atoms with Gasteiger partial charge in [-0.05, 0) is 37.6 Å². The van der Waals surface area contributed by atoms with Gasteiger partial charge in [0.25, 0.3) is 5.91 Å². The molecular weight excluding hydrogens is 417 g/mol. The zero-order chi connectivity index (χ0) is 22.9. The molecule has 1 aromatic carbocycles. The minimum atomic E-state index is -1.55. The van der Waals surface area contributed by atoms with Crippen LogP contribution in [0.15, 0.2) is 39.7 Å². The number of amides is 1. The van der Waals surface area contributed by atoms with Crippen LogP contribution in [0.2, 0.25) is 0 Å². The number of nitrogens with one attached hydrogen (secondary N) is 1. The Morgan fingerprint density at radius 2 is 2.28 bits per heavy atom. The van der Waals surface area contributed by atoms with E-state index in [1.807, 2.05) is 0 Å². The molecule has 2 atom stereocenters. The van der Waals surface area contributed by atoms with Crippen LogP contribution in [0.25, 0.3) is 22.4 Å². The molecule has 166 valence electrons. The number of nitriles is 1. The van der Waals surface area contributed by atoms with E-state index < -0.39 is 29.0 Å². The number of fused-ring (bicyclic) bond motifs is 1. The lowest BCUT2D eigenvalue weighted by Gasteiger charge is -2.33. The van der Waals surface area contributed by atoms with E-state index in [1.165, 1.54) is 16.8 Å². The van der Waals surface area contributed by atoms with E-state index in [0.29, 0.717) is 35.3 Å². The van der Waals surface area contributed by atoms with Crippen molar-refractivity contribution >= 4 is 17.0 Å². The second-order valence-electron chi connectivity index (χ2n) is 7.79. The largest absolute Gasteiger partial charge is 0.419 e. The smallest absolute Gasteiger partial charge is 0.408 e. The summed E-state index contributed by atoms with van der Waals surface area (Å²) in [4.78, 5) is 28.3. The minimum Gasteiger partial charge on any atom is -0.408 e. The van der Waals surface area contributed by atoms with Crippen molar-refractivity contribution < 1.29 is 18.3 Å². The number of rotatable bonds is 5. The van der Waals surface area contributed by atoms with Crippen LogP contribution in [-0.4, -0.2) is 40.8 Å². The number of aryl methyl sites for hydroxylation is 1. The molecule has 32 heavy (non-hydrogen) atoms. The molecule has 0 saturated carbocycles. The number of hydrogen-bond donors (Lipinski definition) is 2. The molecule has 1 unspecified atom stereocenters. The van der Waals surface area contributed by atoms with Crippen LogP contribution >= 0.6 is 0 Å². The summed E-state index contributed by atoms with van der Waals surface area (Å²) in [6.07, 6.45) is 1.92. The molecule has 0 bridgehead atoms. The third-order valence-corrected chi connectivity index (χ3v) is 5.82. The Morgan fingerprint density at radius 3 is 3.00 bits per heavy atom. The zero-order valence-corrected chi connectivity index (χ0v) is 17.4. The second kappa shape index (κ2) is 8.53. The SMILES string of the molecule is Cn1c(=O)oc2ccc(-c3cc(F)c(C[C@H](C#N)C4(C(N)=O)CNCCCO4)cn3)cc21. The molecule has 2 aromatic heterocycles. The molecule has 3 N–H and O–H groups in total. The molecule has 0 radical (unpaired) electrons. The van der Waals surface area contributed by atoms with E-state index in [4.69, 9.17) is 14.9 Å². The van der Waals surface area contributed by atoms with Crippen molar-refractivity contribution in [1.82, 2.24) is 14.9 Å². The highest BCUT2D eigenvalue weighted by molar-refractivity contribution is 5.85. The predicted octanol–water partition coefficient (Wildman–Crippen LogP) is 1.25. The number of hydrogen-bond acceptors (Lipinski definition) is 7. The van der Waals surface area contributed by atoms with E-state index in [-0.39, 0.29) is 25.1 Å². The van der Waals surface area contributed by atoms with Gasteiger partial charge in [0.1, 0.15) is 5.82 Å². The van der Waals surface area contributed by atoms with E-state index in [9.17, 15) is 14.9 Å². The summed E-state index contributed by atoms with van der Waals surface area (Å²) in [6, 6.07) is 8.31. The van der Waals surface area contributed by atoms with Crippen LogP contribution in [-0.2, 0) is 23.0 Å². The van der Waals surface area contributed by atoms with Crippen molar-refractivity contribution in [3.05, 3.63) is 52.4 Å². The number of oxazole rings is 1. The van der Waals surface area contributed by atoms with Gasteiger partial charge in [-0.25, -0.2) is 9.18 Å². The predicted molar refractivity (Wildman–Crippen MR) is 113 cm³/mol. The first kappa shape index (κ1) is 21.7. The van der Waals surface area contributed by atoms with Crippen LogP contribution < -0.4 is 16.8 Å². The molecule has 0 spiro atoms. The second-order valence-corrected chi connectivity index (χ2v) is 7.79. The summed E-state index contributed by atoms with van der Waals surface area (Å²) in [5.41, 5.74) is 6.16. The highest BCUT2D eigenvalue weighted by Gasteiger charge is 2.46. The number of pyridine rings is 1. The van der Waals surface area contributed by atoms with E-state index in [1.54, 1.807) is 25.2 Å². The van der Waals surface area contributed by atoms with Crippen LogP contribution in [0.1, 0.15) is 12.0 Å². The molecule has 1 amide bonds. The Kier molecular flexibility index (Phi) is 5.78. The van der Waals surface area contributed by atoms with Crippen molar-refractivity contribution in [3.8, 4) is 17.3 Å². The average molecular weight is 439 g/mol. The van der Waals surface area contributed by atoms with Gasteiger partial charge in [0.15, 0.2) is 11.2 Å². The highest BCUT2D eigenvalue weighted by Crippen LogP contribution is 2.29. The van der Waals surface area contributed by atoms with Gasteiger partial charge < -0.3 is 20.2 Å². The first-order valence-electron chi connectivity index (χ1n) is 10.1. The topological polar surface area (TPSA) is 136 Å². The van der Waals surface area contributed by atoms with Crippen LogP contribution in [0.5, 0.6) is 0 Å². The van der Waals surface area contributed by atoms with Gasteiger partial charge in [0, 0.05) is 43.6 Å². The normalized spacial score (nSPS) is 19.9. The Bertz CT molecular complexity index is 1270. The fourth-order valence-electron chi connectivity index (χ4n) is 3.92. The summed E-state index contributed by atoms with van der Waals surface area (Å²) in [5, 5.41) is 12.8. The number of carbonyl (C=O) groups is 1. The third-order valence-electron chi connectivity index (χ3n) is 5.82. The quantitative estimate of drug-likeness (QED) is 0.610. The van der Waals surface area contributed by atoms with Gasteiger partial charge >= 0.3 is 5.76 Å². The molecule has 3 heterocycles. The molecule has 10 heteroatoms. The molecule has 4 rings (SSSR count). The van der Waals surface area contributed by atoms with E-state index >= 15 is 4.39 Å². The average Bonchev–Trinajstić information content (AvgIpc) is 2.95. The van der Waals surface area contributed by atoms with Gasteiger partial charge in [-0.3, -0.25) is 14.3 Å². The molecule has 1 fully saturated rings. The van der Waals surface area contributed by atoms with Gasteiger partial charge in [-0.1, -0.05) is 0 Å². The summed E-state index contributed by atoms with van der Waals surface area (Å²) in [6.45, 7) is 0.980. The van der Waals surface area contributed by atoms with E-state index in [2.05, 4.69) is 16.4 Å². The number of ether oxygens (including phenoxy) is 1. The summed E-state index contributed by atoms with van der Waals surface area (Å²) >= 11 is 0. The highest BCUT2D eigenvalue weighted by atomic mass is 19.1. The number of nitrogens with two attached hydrogens (primary N) is 1. The third kappa shape index (κ3) is 3.77. The van der Waals surface area contributed by atoms with Gasteiger partial charge in [0.2, 0.25) is 0 Å². The summed E-state index contributed by atoms with van der Waals surface area (Å²) < 4.78 is 27.2. The van der Waals surface area contributed by atoms with Crippen LogP contribution in [0, 0.1) is 23.1 Å². The first-order chi connectivity index (χ1) is 15.4. The summed E-state index contributed by atoms with van der Waals surface area (Å²) in [7, 11) is 1.58. The number of primary amides is 1. The number of aromatic nitrogens is 2. The van der Waals surface area contributed by atoms with Crippen LogP contribution in [0.3, 0.4) is 0 Å². The standard InChI is InChI=1S/C22H22FN5O4/c1-28-18-8-13(3-4-19(18)32-21(28)30)17-9-16(23)14(11-27-17)7-15(10-24)22(20(25)29)12-26-5-2-6-31-22/h3-4,8-9,11,15,26H,2,5-7,12H2,1H3,(H2,25,29)/t15-,22?/m1/s1.